The van der Waals surface area contributed by atoms with Crippen LogP contribution < -0.4 is 0 Å². The summed E-state index contributed by atoms with van der Waals surface area (Å²) in [5, 5.41) is 0.902. The average molecular weight is 298 g/mol. The van der Waals surface area contributed by atoms with Crippen molar-refractivity contribution in [3.8, 4) is 0 Å². The minimum Gasteiger partial charge on any atom is -0.347 e. The quantitative estimate of drug-likeness (QED) is 0.729. The van der Waals surface area contributed by atoms with Crippen LogP contribution in [0, 0.1) is 12.8 Å². The number of fused-ring (bicyclic) bond motifs is 3. The molecule has 0 spiro atoms. The second kappa shape index (κ2) is 4.83. The molecule has 4 rings (SSSR count). The molecule has 4 heteroatoms. The van der Waals surface area contributed by atoms with Gasteiger partial charge in [0.25, 0.3) is 0 Å². The molecule has 3 aromatic rings. The summed E-state index contributed by atoms with van der Waals surface area (Å²) in [6, 6.07) is 7.74. The van der Waals surface area contributed by atoms with Crippen molar-refractivity contribution in [3.05, 3.63) is 53.7 Å². The van der Waals surface area contributed by atoms with E-state index in [2.05, 4.69) is 4.98 Å². The van der Waals surface area contributed by atoms with Gasteiger partial charge in [-0.2, -0.15) is 0 Å². The predicted molar refractivity (Wildman–Crippen MR) is 86.0 cm³/mol. The number of aryl methyl sites for hydroxylation is 2. The lowest BCUT2D eigenvalue weighted by molar-refractivity contribution is 0.0888. The zero-order chi connectivity index (χ0) is 19.5. The number of carbonyl (C=O) groups is 1. The molecule has 22 heavy (non-hydrogen) atoms. The van der Waals surface area contributed by atoms with E-state index in [9.17, 15) is 4.79 Å². The minimum atomic E-state index is -2.53. The van der Waals surface area contributed by atoms with E-state index in [-0.39, 0.29) is 30.5 Å². The maximum atomic E-state index is 13.2. The fourth-order valence-electron chi connectivity index (χ4n) is 3.44. The van der Waals surface area contributed by atoms with E-state index in [0.717, 1.165) is 16.6 Å². The minimum absolute atomic E-state index is 0.0378. The van der Waals surface area contributed by atoms with Gasteiger partial charge >= 0.3 is 0 Å². The van der Waals surface area contributed by atoms with Gasteiger partial charge in [0, 0.05) is 58.1 Å². The number of hydrogen-bond acceptors (Lipinski definition) is 2. The van der Waals surface area contributed by atoms with Gasteiger partial charge in [0.2, 0.25) is 0 Å². The summed E-state index contributed by atoms with van der Waals surface area (Å²) in [6.45, 7) is -2.47. The molecule has 2 heterocycles. The van der Waals surface area contributed by atoms with Crippen LogP contribution >= 0.6 is 0 Å². The number of carbonyl (C=O) groups excluding carboxylic acids is 1. The Labute approximate surface area is 136 Å². The van der Waals surface area contributed by atoms with Gasteiger partial charge in [-0.3, -0.25) is 4.79 Å². The smallest absolute Gasteiger partial charge is 0.170 e. The van der Waals surface area contributed by atoms with Crippen LogP contribution in [0.2, 0.25) is 0 Å². The largest absolute Gasteiger partial charge is 0.347 e. The summed E-state index contributed by atoms with van der Waals surface area (Å²) in [5.74, 6) is -0.778. The highest BCUT2D eigenvalue weighted by molar-refractivity contribution is 6.11. The summed E-state index contributed by atoms with van der Waals surface area (Å²) >= 11 is 0. The average Bonchev–Trinajstić information content (AvgIpc) is 3.07. The molecular weight excluding hydrogens is 274 g/mol. The molecule has 0 saturated carbocycles. The van der Waals surface area contributed by atoms with E-state index in [0.29, 0.717) is 18.4 Å². The zero-order valence-corrected chi connectivity index (χ0v) is 12.3. The fraction of sp³-hybridized carbons (Fsp3) is 0.333. The Balaban J connectivity index is 1.76. The van der Waals surface area contributed by atoms with Gasteiger partial charge in [0.15, 0.2) is 5.78 Å². The maximum absolute atomic E-state index is 13.2. The van der Waals surface area contributed by atoms with Crippen molar-refractivity contribution < 1.29 is 11.6 Å². The standard InChI is InChI=1S/C18H19N3O/c1-12-19-9-10-21(12)11-13-7-8-16-17(18(13)22)14-5-3-4-6-15(14)20(16)2/h3-6,9-10,13H,7-8,11H2,1-2H3/i1D3,9D,10D. The molecule has 1 aromatic carbocycles. The van der Waals surface area contributed by atoms with Crippen molar-refractivity contribution in [1.29, 1.82) is 0 Å². The third-order valence-corrected chi connectivity index (χ3v) is 4.58. The Hall–Kier alpha value is -2.36. The number of aromatic nitrogens is 3. The van der Waals surface area contributed by atoms with Crippen LogP contribution in [0.3, 0.4) is 0 Å². The molecule has 0 N–H and O–H groups in total. The van der Waals surface area contributed by atoms with Crippen LogP contribution in [0.4, 0.5) is 0 Å². The number of benzene rings is 1. The van der Waals surface area contributed by atoms with Crippen LogP contribution in [-0.2, 0) is 20.0 Å². The Morgan fingerprint density at radius 2 is 2.32 bits per heavy atom. The van der Waals surface area contributed by atoms with Gasteiger partial charge in [-0.25, -0.2) is 4.98 Å². The Morgan fingerprint density at radius 1 is 1.45 bits per heavy atom. The SMILES string of the molecule is [2H]c1nc(C([2H])([2H])[2H])n(CC2CCc3c(c4ccccc4n3C)C2=O)c1[2H]. The number of hydrogen-bond donors (Lipinski definition) is 0. The van der Waals surface area contributed by atoms with E-state index < -0.39 is 12.8 Å². The van der Waals surface area contributed by atoms with E-state index in [1.807, 2.05) is 35.9 Å². The van der Waals surface area contributed by atoms with Crippen molar-refractivity contribution in [2.75, 3.05) is 0 Å². The fourth-order valence-corrected chi connectivity index (χ4v) is 3.44. The Bertz CT molecular complexity index is 1060. The van der Waals surface area contributed by atoms with Crippen LogP contribution in [0.5, 0.6) is 0 Å². The summed E-state index contributed by atoms with van der Waals surface area (Å²) in [6.07, 6.45) is 0.629. The molecule has 0 fully saturated rings. The van der Waals surface area contributed by atoms with E-state index in [4.69, 9.17) is 6.85 Å². The van der Waals surface area contributed by atoms with Crippen LogP contribution in [0.1, 0.15) is 35.2 Å². The first-order chi connectivity index (χ1) is 12.7. The molecule has 1 aliphatic carbocycles. The number of para-hydroxylation sites is 1. The Kier molecular flexibility index (Phi) is 1.96. The first-order valence-corrected chi connectivity index (χ1v) is 7.35. The molecule has 0 bridgehead atoms. The van der Waals surface area contributed by atoms with E-state index in [1.165, 1.54) is 4.57 Å². The Morgan fingerprint density at radius 3 is 3.18 bits per heavy atom. The lowest BCUT2D eigenvalue weighted by Crippen LogP contribution is -2.27. The summed E-state index contributed by atoms with van der Waals surface area (Å²) < 4.78 is 41.8. The van der Waals surface area contributed by atoms with E-state index in [1.54, 1.807) is 0 Å². The maximum Gasteiger partial charge on any atom is 0.170 e. The van der Waals surface area contributed by atoms with Crippen molar-refractivity contribution in [3.63, 3.8) is 0 Å². The number of ketones is 1. The monoisotopic (exact) mass is 298 g/mol. The van der Waals surface area contributed by atoms with Crippen LogP contribution in [0.15, 0.2) is 36.6 Å². The third-order valence-electron chi connectivity index (χ3n) is 4.58. The highest BCUT2D eigenvalue weighted by atomic mass is 16.1. The van der Waals surface area contributed by atoms with Crippen molar-refractivity contribution in [1.82, 2.24) is 14.1 Å². The highest BCUT2D eigenvalue weighted by Gasteiger charge is 2.32. The first-order valence-electron chi connectivity index (χ1n) is 9.85. The lowest BCUT2D eigenvalue weighted by Gasteiger charge is -2.23. The zero-order valence-electron chi connectivity index (χ0n) is 17.3. The predicted octanol–water partition coefficient (Wildman–Crippen LogP) is 3.13. The molecular formula is C18H19N3O. The van der Waals surface area contributed by atoms with Crippen LogP contribution in [-0.4, -0.2) is 19.9 Å². The van der Waals surface area contributed by atoms with Crippen molar-refractivity contribution in [2.24, 2.45) is 13.0 Å². The molecule has 1 aliphatic rings. The number of Topliss-reactive ketones (excluding diaryl/α,β-unsaturated/α-hetero) is 1. The molecule has 0 amide bonds. The highest BCUT2D eigenvalue weighted by Crippen LogP contribution is 2.34. The van der Waals surface area contributed by atoms with Gasteiger partial charge in [-0.05, 0) is 25.8 Å². The second-order valence-corrected chi connectivity index (χ2v) is 5.77. The second-order valence-electron chi connectivity index (χ2n) is 5.77. The molecule has 4 nitrogen and oxygen atoms in total. The summed E-state index contributed by atoms with van der Waals surface area (Å²) in [4.78, 5) is 17.0. The molecule has 0 aliphatic heterocycles. The van der Waals surface area contributed by atoms with Gasteiger partial charge in [-0.1, -0.05) is 18.2 Å². The van der Waals surface area contributed by atoms with E-state index >= 15 is 0 Å². The lowest BCUT2D eigenvalue weighted by atomic mass is 9.85. The first kappa shape index (κ1) is 8.93. The van der Waals surface area contributed by atoms with Gasteiger partial charge in [-0.15, -0.1) is 0 Å². The molecule has 0 saturated heterocycles. The summed E-state index contributed by atoms with van der Waals surface area (Å²) in [5.41, 5.74) is 2.68. The molecule has 1 unspecified atom stereocenters. The normalized spacial score (nSPS) is 21.8. The number of imidazole rings is 1. The molecule has 0 radical (unpaired) electrons. The topological polar surface area (TPSA) is 39.8 Å². The van der Waals surface area contributed by atoms with Crippen molar-refractivity contribution in [2.45, 2.75) is 26.2 Å². The van der Waals surface area contributed by atoms with Gasteiger partial charge in [0.1, 0.15) is 5.82 Å². The van der Waals surface area contributed by atoms with Crippen molar-refractivity contribution >= 4 is 16.7 Å². The molecule has 1 atom stereocenters. The van der Waals surface area contributed by atoms with Gasteiger partial charge in [0.05, 0.1) is 2.74 Å². The third kappa shape index (κ3) is 1.83. The molecule has 112 valence electrons. The number of nitrogens with zero attached hydrogens (tertiary/aromatic N) is 3. The van der Waals surface area contributed by atoms with Gasteiger partial charge < -0.3 is 9.13 Å². The van der Waals surface area contributed by atoms with Crippen LogP contribution in [0.25, 0.3) is 10.9 Å². The molecule has 2 aromatic heterocycles. The number of rotatable bonds is 2. The summed E-state index contributed by atoms with van der Waals surface area (Å²) in [7, 11) is 1.95.